The quantitative estimate of drug-likeness (QED) is 0.795. The van der Waals surface area contributed by atoms with Crippen LogP contribution in [0.2, 0.25) is 5.02 Å². The molecule has 1 heterocycles. The number of carbonyl (C=O) groups is 1. The second-order valence-electron chi connectivity index (χ2n) is 3.23. The average molecular weight is 291 g/mol. The molecule has 1 fully saturated rings. The highest BCUT2D eigenvalue weighted by Crippen LogP contribution is 2.22. The number of halogens is 2. The molecular formula is C10H9BrClNO2. The topological polar surface area (TPSA) is 29.5 Å². The third-order valence-corrected chi connectivity index (χ3v) is 3.02. The first-order valence-electron chi connectivity index (χ1n) is 4.50. The zero-order valence-corrected chi connectivity index (χ0v) is 10.2. The zero-order chi connectivity index (χ0) is 10.8. The monoisotopic (exact) mass is 289 g/mol. The van der Waals surface area contributed by atoms with Crippen LogP contribution in [0.1, 0.15) is 10.4 Å². The van der Waals surface area contributed by atoms with Crippen molar-refractivity contribution in [1.29, 1.82) is 0 Å². The highest BCUT2D eigenvalue weighted by molar-refractivity contribution is 9.10. The molecule has 15 heavy (non-hydrogen) atoms. The van der Waals surface area contributed by atoms with Gasteiger partial charge in [0.15, 0.2) is 0 Å². The third-order valence-electron chi connectivity index (χ3n) is 2.20. The molecule has 1 aromatic carbocycles. The summed E-state index contributed by atoms with van der Waals surface area (Å²) in [5, 5.41) is 0.468. The Labute approximate surface area is 101 Å². The maximum Gasteiger partial charge on any atom is 0.257 e. The molecule has 0 unspecified atom stereocenters. The number of amides is 1. The van der Waals surface area contributed by atoms with E-state index in [-0.39, 0.29) is 5.91 Å². The fourth-order valence-corrected chi connectivity index (χ4v) is 1.97. The van der Waals surface area contributed by atoms with Crippen LogP contribution in [-0.4, -0.2) is 30.7 Å². The lowest BCUT2D eigenvalue weighted by Gasteiger charge is -2.14. The van der Waals surface area contributed by atoms with E-state index in [2.05, 4.69) is 15.9 Å². The molecule has 0 radical (unpaired) electrons. The molecule has 80 valence electrons. The Bertz CT molecular complexity index is 391. The number of ether oxygens (including phenoxy) is 1. The van der Waals surface area contributed by atoms with E-state index in [4.69, 9.17) is 16.3 Å². The fraction of sp³-hybridized carbons (Fsp3) is 0.300. The summed E-state index contributed by atoms with van der Waals surface area (Å²) in [5.74, 6) is -0.0844. The number of rotatable bonds is 1. The molecule has 0 atom stereocenters. The van der Waals surface area contributed by atoms with E-state index in [0.29, 0.717) is 30.5 Å². The average Bonchev–Trinajstić information content (AvgIpc) is 2.74. The minimum atomic E-state index is -0.0844. The van der Waals surface area contributed by atoms with Gasteiger partial charge in [-0.2, -0.15) is 0 Å². The van der Waals surface area contributed by atoms with Crippen molar-refractivity contribution in [1.82, 2.24) is 4.90 Å². The van der Waals surface area contributed by atoms with E-state index in [1.165, 1.54) is 0 Å². The molecule has 0 aliphatic carbocycles. The standard InChI is InChI=1S/C10H9BrClNO2/c11-7-1-2-9(12)8(5-7)10(14)13-3-4-15-6-13/h1-2,5H,3-4,6H2. The predicted octanol–water partition coefficient (Wildman–Crippen LogP) is 2.53. The van der Waals surface area contributed by atoms with Gasteiger partial charge in [0, 0.05) is 11.0 Å². The molecule has 3 nitrogen and oxygen atoms in total. The summed E-state index contributed by atoms with van der Waals surface area (Å²) in [6.45, 7) is 1.57. The smallest absolute Gasteiger partial charge is 0.257 e. The SMILES string of the molecule is O=C(c1cc(Br)ccc1Cl)N1CCOC1. The number of nitrogens with zero attached hydrogens (tertiary/aromatic N) is 1. The van der Waals surface area contributed by atoms with E-state index in [9.17, 15) is 4.79 Å². The van der Waals surface area contributed by atoms with Gasteiger partial charge in [-0.1, -0.05) is 27.5 Å². The molecule has 0 N–H and O–H groups in total. The number of hydrogen-bond donors (Lipinski definition) is 0. The Kier molecular flexibility index (Phi) is 3.29. The van der Waals surface area contributed by atoms with E-state index in [1.807, 2.05) is 0 Å². The highest BCUT2D eigenvalue weighted by atomic mass is 79.9. The van der Waals surface area contributed by atoms with Crippen LogP contribution in [0.5, 0.6) is 0 Å². The van der Waals surface area contributed by atoms with Gasteiger partial charge in [-0.3, -0.25) is 4.79 Å². The maximum atomic E-state index is 12.0. The van der Waals surface area contributed by atoms with Gasteiger partial charge < -0.3 is 9.64 Å². The molecule has 1 aliphatic heterocycles. The Hall–Kier alpha value is -0.580. The van der Waals surface area contributed by atoms with Crippen LogP contribution >= 0.6 is 27.5 Å². The summed E-state index contributed by atoms with van der Waals surface area (Å²) in [4.78, 5) is 13.6. The van der Waals surface area contributed by atoms with Gasteiger partial charge in [0.25, 0.3) is 5.91 Å². The second kappa shape index (κ2) is 4.51. The van der Waals surface area contributed by atoms with Crippen molar-refractivity contribution in [3.63, 3.8) is 0 Å². The molecule has 1 aliphatic rings. The van der Waals surface area contributed by atoms with E-state index in [0.717, 1.165) is 4.47 Å². The lowest BCUT2D eigenvalue weighted by Crippen LogP contribution is -2.28. The first kappa shape index (κ1) is 10.9. The van der Waals surface area contributed by atoms with Crippen molar-refractivity contribution in [2.45, 2.75) is 0 Å². The van der Waals surface area contributed by atoms with Gasteiger partial charge in [0.2, 0.25) is 0 Å². The van der Waals surface area contributed by atoms with Gasteiger partial charge in [0.1, 0.15) is 6.73 Å². The fourth-order valence-electron chi connectivity index (χ4n) is 1.41. The molecular weight excluding hydrogens is 281 g/mol. The molecule has 0 saturated carbocycles. The zero-order valence-electron chi connectivity index (χ0n) is 7.87. The molecule has 0 aromatic heterocycles. The van der Waals surface area contributed by atoms with Crippen LogP contribution in [0, 0.1) is 0 Å². The summed E-state index contributed by atoms with van der Waals surface area (Å²) in [5.41, 5.74) is 0.511. The van der Waals surface area contributed by atoms with E-state index in [1.54, 1.807) is 23.1 Å². The van der Waals surface area contributed by atoms with Crippen molar-refractivity contribution >= 4 is 33.4 Å². The number of carbonyl (C=O) groups excluding carboxylic acids is 1. The van der Waals surface area contributed by atoms with E-state index >= 15 is 0 Å². The second-order valence-corrected chi connectivity index (χ2v) is 4.55. The molecule has 1 saturated heterocycles. The van der Waals surface area contributed by atoms with Crippen molar-refractivity contribution in [2.24, 2.45) is 0 Å². The Morgan fingerprint density at radius 2 is 2.33 bits per heavy atom. The molecule has 2 rings (SSSR count). The summed E-state index contributed by atoms with van der Waals surface area (Å²) in [7, 11) is 0. The molecule has 0 bridgehead atoms. The summed E-state index contributed by atoms with van der Waals surface area (Å²) >= 11 is 9.27. The lowest BCUT2D eigenvalue weighted by atomic mass is 10.2. The largest absolute Gasteiger partial charge is 0.359 e. The van der Waals surface area contributed by atoms with Crippen LogP contribution in [0.3, 0.4) is 0 Å². The summed E-state index contributed by atoms with van der Waals surface area (Å²) in [6.07, 6.45) is 0. The van der Waals surface area contributed by atoms with Gasteiger partial charge in [-0.25, -0.2) is 0 Å². The van der Waals surface area contributed by atoms with Gasteiger partial charge in [-0.15, -0.1) is 0 Å². The van der Waals surface area contributed by atoms with Gasteiger partial charge in [0.05, 0.1) is 17.2 Å². The van der Waals surface area contributed by atoms with Gasteiger partial charge >= 0.3 is 0 Å². The van der Waals surface area contributed by atoms with Crippen molar-refractivity contribution in [2.75, 3.05) is 19.9 Å². The Balaban J connectivity index is 2.27. The van der Waals surface area contributed by atoms with Crippen LogP contribution < -0.4 is 0 Å². The first-order valence-corrected chi connectivity index (χ1v) is 5.67. The summed E-state index contributed by atoms with van der Waals surface area (Å²) < 4.78 is 5.96. The third kappa shape index (κ3) is 2.33. The molecule has 0 spiro atoms. The highest BCUT2D eigenvalue weighted by Gasteiger charge is 2.21. The number of hydrogen-bond acceptors (Lipinski definition) is 2. The van der Waals surface area contributed by atoms with Crippen LogP contribution in [-0.2, 0) is 4.74 Å². The van der Waals surface area contributed by atoms with Crippen LogP contribution in [0.25, 0.3) is 0 Å². The van der Waals surface area contributed by atoms with Crippen molar-refractivity contribution < 1.29 is 9.53 Å². The minimum absolute atomic E-state index is 0.0844. The lowest BCUT2D eigenvalue weighted by molar-refractivity contribution is 0.0695. The van der Waals surface area contributed by atoms with Crippen LogP contribution in [0.4, 0.5) is 0 Å². The Morgan fingerprint density at radius 1 is 1.53 bits per heavy atom. The molecule has 1 aromatic rings. The predicted molar refractivity (Wildman–Crippen MR) is 61.0 cm³/mol. The normalized spacial score (nSPS) is 15.7. The number of benzene rings is 1. The van der Waals surface area contributed by atoms with Crippen molar-refractivity contribution in [3.8, 4) is 0 Å². The minimum Gasteiger partial charge on any atom is -0.359 e. The molecule has 5 heteroatoms. The molecule has 1 amide bonds. The first-order chi connectivity index (χ1) is 7.18. The van der Waals surface area contributed by atoms with Crippen LogP contribution in [0.15, 0.2) is 22.7 Å². The Morgan fingerprint density at radius 3 is 3.00 bits per heavy atom. The van der Waals surface area contributed by atoms with Crippen molar-refractivity contribution in [3.05, 3.63) is 33.3 Å². The van der Waals surface area contributed by atoms with E-state index < -0.39 is 0 Å². The summed E-state index contributed by atoms with van der Waals surface area (Å²) in [6, 6.07) is 5.23. The maximum absolute atomic E-state index is 12.0. The van der Waals surface area contributed by atoms with Gasteiger partial charge in [-0.05, 0) is 18.2 Å².